The number of ether oxygens (including phenoxy) is 2. The van der Waals surface area contributed by atoms with Crippen molar-refractivity contribution in [1.29, 1.82) is 0 Å². The Morgan fingerprint density at radius 2 is 1.53 bits per heavy atom. The van der Waals surface area contributed by atoms with Gasteiger partial charge in [-0.3, -0.25) is 23.2 Å². The molecule has 204 valence electrons. The minimum absolute atomic E-state index is 0.0231. The molecule has 14 heteroatoms. The summed E-state index contributed by atoms with van der Waals surface area (Å²) in [7, 11) is -0.614. The zero-order valence-corrected chi connectivity index (χ0v) is 23.2. The molecule has 0 N–H and O–H groups in total. The Morgan fingerprint density at radius 1 is 1.06 bits per heavy atom. The standard InChI is InChI=1S/C9H19NO5S.C8H17NO2.C3H6O3S/c1-5-8(2)9(11)15-6-10(3,4)7-16(12,13)14;1-5-7(2)8(10)11-6-9(3)4;4-7(5)3-1-2-6-7/h8H,5-7H2,1-4H3;7H,5-6H2,1-4H3;1-3H2. The summed E-state index contributed by atoms with van der Waals surface area (Å²) >= 11 is 0. The summed E-state index contributed by atoms with van der Waals surface area (Å²) in [6, 6.07) is 0. The molecule has 1 fully saturated rings. The van der Waals surface area contributed by atoms with E-state index in [1.165, 1.54) is 14.1 Å². The molecule has 0 aromatic rings. The van der Waals surface area contributed by atoms with Gasteiger partial charge in [0.25, 0.3) is 10.1 Å². The van der Waals surface area contributed by atoms with E-state index < -0.39 is 26.1 Å². The van der Waals surface area contributed by atoms with Crippen LogP contribution < -0.4 is 0 Å². The third-order valence-electron chi connectivity index (χ3n) is 4.36. The van der Waals surface area contributed by atoms with Gasteiger partial charge < -0.3 is 14.0 Å². The van der Waals surface area contributed by atoms with Gasteiger partial charge in [-0.2, -0.15) is 8.42 Å². The molecule has 0 aliphatic carbocycles. The maximum atomic E-state index is 11.3. The molecule has 0 spiro atoms. The Labute approximate surface area is 205 Å². The molecule has 0 radical (unpaired) electrons. The highest BCUT2D eigenvalue weighted by Crippen LogP contribution is 2.07. The number of quaternary nitrogens is 1. The maximum absolute atomic E-state index is 11.3. The van der Waals surface area contributed by atoms with Gasteiger partial charge in [0.1, 0.15) is 16.8 Å². The van der Waals surface area contributed by atoms with E-state index in [0.717, 1.165) is 6.42 Å². The number of carbonyl (C=O) groups is 2. The summed E-state index contributed by atoms with van der Waals surface area (Å²) in [4.78, 5) is 24.2. The number of rotatable bonds is 10. The largest absolute Gasteiger partial charge is 0.744 e. The maximum Gasteiger partial charge on any atom is 0.312 e. The van der Waals surface area contributed by atoms with Crippen molar-refractivity contribution in [2.75, 3.05) is 59.9 Å². The van der Waals surface area contributed by atoms with Crippen LogP contribution in [0.2, 0.25) is 0 Å². The molecular formula is C20H42N2O10S2. The first-order valence-corrected chi connectivity index (χ1v) is 14.1. The van der Waals surface area contributed by atoms with E-state index >= 15 is 0 Å². The van der Waals surface area contributed by atoms with Gasteiger partial charge in [-0.05, 0) is 33.4 Å². The number of hydrogen-bond acceptors (Lipinski definition) is 11. The molecule has 1 heterocycles. The summed E-state index contributed by atoms with van der Waals surface area (Å²) in [5.74, 6) is -1.08. The number of esters is 2. The van der Waals surface area contributed by atoms with Gasteiger partial charge >= 0.3 is 11.9 Å². The van der Waals surface area contributed by atoms with E-state index in [1.54, 1.807) is 6.92 Å². The van der Waals surface area contributed by atoms with Crippen molar-refractivity contribution in [3.8, 4) is 0 Å². The summed E-state index contributed by atoms with van der Waals surface area (Å²) in [6.07, 6.45) is 2.15. The summed E-state index contributed by atoms with van der Waals surface area (Å²) in [6.45, 7) is 8.07. The molecule has 1 rings (SSSR count). The van der Waals surface area contributed by atoms with Gasteiger partial charge in [0.05, 0.1) is 38.3 Å². The van der Waals surface area contributed by atoms with E-state index in [2.05, 4.69) is 4.18 Å². The van der Waals surface area contributed by atoms with Crippen molar-refractivity contribution >= 4 is 32.2 Å². The highest BCUT2D eigenvalue weighted by atomic mass is 32.2. The van der Waals surface area contributed by atoms with Crippen molar-refractivity contribution in [2.24, 2.45) is 11.8 Å². The van der Waals surface area contributed by atoms with E-state index in [4.69, 9.17) is 9.47 Å². The molecule has 1 aliphatic heterocycles. The minimum Gasteiger partial charge on any atom is -0.744 e. The monoisotopic (exact) mass is 534 g/mol. The van der Waals surface area contributed by atoms with Gasteiger partial charge in [-0.15, -0.1) is 0 Å². The Hall–Kier alpha value is -1.32. The summed E-state index contributed by atoms with van der Waals surface area (Å²) in [5, 5.41) is 0. The zero-order chi connectivity index (χ0) is 27.2. The first kappa shape index (κ1) is 34.8. The zero-order valence-electron chi connectivity index (χ0n) is 21.6. The molecular weight excluding hydrogens is 492 g/mol. The molecule has 12 nitrogen and oxygen atoms in total. The number of hydrogen-bond donors (Lipinski definition) is 0. The van der Waals surface area contributed by atoms with E-state index in [0.29, 0.717) is 26.2 Å². The quantitative estimate of drug-likeness (QED) is 0.129. The van der Waals surface area contributed by atoms with Gasteiger partial charge in [-0.25, -0.2) is 8.42 Å². The van der Waals surface area contributed by atoms with Crippen LogP contribution in [0, 0.1) is 11.8 Å². The average molecular weight is 535 g/mol. The Bertz CT molecular complexity index is 799. The molecule has 0 aromatic carbocycles. The van der Waals surface area contributed by atoms with E-state index in [-0.39, 0.29) is 40.7 Å². The van der Waals surface area contributed by atoms with Gasteiger partial charge in [0, 0.05) is 0 Å². The fourth-order valence-electron chi connectivity index (χ4n) is 1.99. The SMILES string of the molecule is CCC(C)C(=O)OCN(C)C.CCC(C)C(=O)OC[N+](C)(C)CS(=O)(=O)[O-].O=S1(=O)CCCO1. The van der Waals surface area contributed by atoms with Crippen LogP contribution >= 0.6 is 0 Å². The Morgan fingerprint density at radius 3 is 1.82 bits per heavy atom. The first-order valence-electron chi connectivity index (χ1n) is 11.0. The van der Waals surface area contributed by atoms with E-state index in [9.17, 15) is 31.0 Å². The predicted molar refractivity (Wildman–Crippen MR) is 126 cm³/mol. The first-order chi connectivity index (χ1) is 15.4. The van der Waals surface area contributed by atoms with Gasteiger partial charge in [-0.1, -0.05) is 27.7 Å². The van der Waals surface area contributed by atoms with Gasteiger partial charge in [0.15, 0.2) is 5.88 Å². The van der Waals surface area contributed by atoms with Gasteiger partial charge in [0.2, 0.25) is 6.73 Å². The average Bonchev–Trinajstić information content (AvgIpc) is 3.12. The van der Waals surface area contributed by atoms with Crippen LogP contribution in [0.5, 0.6) is 0 Å². The molecule has 34 heavy (non-hydrogen) atoms. The number of nitrogens with zero attached hydrogens (tertiary/aromatic N) is 2. The lowest BCUT2D eigenvalue weighted by atomic mass is 10.1. The highest BCUT2D eigenvalue weighted by Gasteiger charge is 2.22. The third kappa shape index (κ3) is 20.1. The third-order valence-corrected chi connectivity index (χ3v) is 6.69. The Balaban J connectivity index is 0. The van der Waals surface area contributed by atoms with Crippen LogP contribution in [0.4, 0.5) is 0 Å². The normalized spacial score (nSPS) is 16.9. The molecule has 0 saturated carbocycles. The van der Waals surface area contributed by atoms with Crippen LogP contribution in [0.3, 0.4) is 0 Å². The second-order valence-corrected chi connectivity index (χ2v) is 12.1. The smallest absolute Gasteiger partial charge is 0.312 e. The van der Waals surface area contributed by atoms with Crippen LogP contribution in [0.1, 0.15) is 47.0 Å². The van der Waals surface area contributed by atoms with Crippen LogP contribution in [-0.2, 0) is 43.5 Å². The summed E-state index contributed by atoms with van der Waals surface area (Å²) in [5.41, 5.74) is 0. The number of carbonyl (C=O) groups excluding carboxylic acids is 2. The van der Waals surface area contributed by atoms with Crippen molar-refractivity contribution in [2.45, 2.75) is 47.0 Å². The van der Waals surface area contributed by atoms with E-state index in [1.807, 2.05) is 39.8 Å². The second kappa shape index (κ2) is 16.4. The topological polar surface area (TPSA) is 156 Å². The molecule has 1 aliphatic rings. The molecule has 1 saturated heterocycles. The molecule has 2 atom stereocenters. The lowest BCUT2D eigenvalue weighted by molar-refractivity contribution is -0.896. The second-order valence-electron chi connectivity index (χ2n) is 8.94. The lowest BCUT2D eigenvalue weighted by Crippen LogP contribution is -2.46. The molecule has 0 bridgehead atoms. The molecule has 0 aromatic heterocycles. The highest BCUT2D eigenvalue weighted by molar-refractivity contribution is 7.86. The fraction of sp³-hybridized carbons (Fsp3) is 0.900. The predicted octanol–water partition coefficient (Wildman–Crippen LogP) is 0.944. The van der Waals surface area contributed by atoms with Crippen molar-refractivity contribution in [3.05, 3.63) is 0 Å². The molecule has 0 amide bonds. The van der Waals surface area contributed by atoms with Crippen LogP contribution in [-0.4, -0.2) is 103 Å². The van der Waals surface area contributed by atoms with Crippen LogP contribution in [0.15, 0.2) is 0 Å². The molecule has 2 unspecified atom stereocenters. The summed E-state index contributed by atoms with van der Waals surface area (Å²) < 4.78 is 66.1. The van der Waals surface area contributed by atoms with Crippen molar-refractivity contribution in [1.82, 2.24) is 4.90 Å². The Kier molecular flexibility index (Phi) is 16.8. The lowest BCUT2D eigenvalue weighted by Gasteiger charge is -2.29. The van der Waals surface area contributed by atoms with Crippen molar-refractivity contribution < 1.29 is 49.1 Å². The minimum atomic E-state index is -4.32. The fourth-order valence-corrected chi connectivity index (χ4v) is 3.89. The van der Waals surface area contributed by atoms with Crippen LogP contribution in [0.25, 0.3) is 0 Å². The van der Waals surface area contributed by atoms with Crippen molar-refractivity contribution in [3.63, 3.8) is 0 Å².